The number of H-pyrrole nitrogens is 1. The van der Waals surface area contributed by atoms with E-state index in [1.807, 2.05) is 17.9 Å². The van der Waals surface area contributed by atoms with Crippen LogP contribution in [0.4, 0.5) is 8.78 Å². The van der Waals surface area contributed by atoms with E-state index in [0.29, 0.717) is 76.4 Å². The Morgan fingerprint density at radius 2 is 1.73 bits per heavy atom. The lowest BCUT2D eigenvalue weighted by Gasteiger charge is -2.35. The van der Waals surface area contributed by atoms with Crippen LogP contribution < -0.4 is 5.69 Å². The average molecular weight is 853 g/mol. The number of fused-ring (bicyclic) bond motifs is 3. The highest BCUT2D eigenvalue weighted by Crippen LogP contribution is 2.51. The van der Waals surface area contributed by atoms with Crippen LogP contribution in [0.15, 0.2) is 71.9 Å². The minimum atomic E-state index is -0.662. The highest BCUT2D eigenvalue weighted by atomic mass is 19.1. The van der Waals surface area contributed by atoms with Crippen molar-refractivity contribution < 1.29 is 18.3 Å². The molecule has 1 amide bonds. The number of halogens is 2. The predicted octanol–water partition coefficient (Wildman–Crippen LogP) is 7.03. The van der Waals surface area contributed by atoms with Gasteiger partial charge in [0, 0.05) is 55.5 Å². The molecule has 3 aliphatic rings. The number of amides is 1. The van der Waals surface area contributed by atoms with E-state index in [1.165, 1.54) is 27.1 Å². The van der Waals surface area contributed by atoms with Gasteiger partial charge in [0.15, 0.2) is 11.6 Å². The van der Waals surface area contributed by atoms with Crippen molar-refractivity contribution in [1.82, 2.24) is 58.8 Å². The van der Waals surface area contributed by atoms with Crippen LogP contribution in [-0.4, -0.2) is 83.4 Å². The van der Waals surface area contributed by atoms with E-state index in [1.54, 1.807) is 60.7 Å². The number of aryl methyl sites for hydroxylation is 3. The molecule has 1 N–H and O–H groups in total. The van der Waals surface area contributed by atoms with Crippen LogP contribution >= 0.6 is 0 Å². The van der Waals surface area contributed by atoms with Crippen LogP contribution in [0.3, 0.4) is 0 Å². The monoisotopic (exact) mass is 852 g/mol. The second-order valence-electron chi connectivity index (χ2n) is 18.1. The number of aromatic nitrogens is 11. The highest BCUT2D eigenvalue weighted by molar-refractivity contribution is 6.00. The van der Waals surface area contributed by atoms with Gasteiger partial charge in [-0.1, -0.05) is 11.3 Å². The Morgan fingerprint density at radius 3 is 2.46 bits per heavy atom. The molecule has 17 heteroatoms. The van der Waals surface area contributed by atoms with Crippen LogP contribution in [0.25, 0.3) is 39.0 Å². The van der Waals surface area contributed by atoms with Gasteiger partial charge in [-0.3, -0.25) is 18.6 Å². The van der Waals surface area contributed by atoms with Crippen molar-refractivity contribution in [1.29, 1.82) is 0 Å². The number of hydrogen-bond acceptors (Lipinski definition) is 8. The normalized spacial score (nSPS) is 19.3. The number of tetrazole rings is 1. The number of carbonyl (C=O) groups is 1. The smallest absolute Gasteiger partial charge is 0.338 e. The molecule has 15 nitrogen and oxygen atoms in total. The molecule has 7 heterocycles. The maximum Gasteiger partial charge on any atom is 0.338 e. The zero-order valence-electron chi connectivity index (χ0n) is 35.9. The molecule has 8 aromatic rings. The van der Waals surface area contributed by atoms with E-state index in [9.17, 15) is 4.79 Å². The molecule has 3 aromatic carbocycles. The zero-order valence-corrected chi connectivity index (χ0v) is 35.9. The second-order valence-corrected chi connectivity index (χ2v) is 18.1. The Hall–Kier alpha value is -6.75. The van der Waals surface area contributed by atoms with Gasteiger partial charge in [0.1, 0.15) is 22.9 Å². The average Bonchev–Trinajstić information content (AvgIpc) is 3.81. The number of rotatable bonds is 7. The van der Waals surface area contributed by atoms with Crippen LogP contribution in [0.2, 0.25) is 0 Å². The third-order valence-corrected chi connectivity index (χ3v) is 13.6. The van der Waals surface area contributed by atoms with Crippen molar-refractivity contribution in [2.24, 2.45) is 7.05 Å². The molecule has 0 bridgehead atoms. The predicted molar refractivity (Wildman–Crippen MR) is 230 cm³/mol. The third kappa shape index (κ3) is 5.95. The molecule has 5 aromatic heterocycles. The first-order valence-corrected chi connectivity index (χ1v) is 21.4. The van der Waals surface area contributed by atoms with E-state index in [-0.39, 0.29) is 28.4 Å². The summed E-state index contributed by atoms with van der Waals surface area (Å²) in [4.78, 5) is 31.9. The summed E-state index contributed by atoms with van der Waals surface area (Å²) < 4.78 is 45.2. The van der Waals surface area contributed by atoms with E-state index < -0.39 is 23.1 Å². The Bertz CT molecular complexity index is 3200. The van der Waals surface area contributed by atoms with Gasteiger partial charge in [-0.25, -0.2) is 18.3 Å². The summed E-state index contributed by atoms with van der Waals surface area (Å²) in [5, 5.41) is 25.9. The van der Waals surface area contributed by atoms with Crippen LogP contribution in [-0.2, 0) is 23.7 Å². The van der Waals surface area contributed by atoms with Gasteiger partial charge in [0.2, 0.25) is 0 Å². The maximum atomic E-state index is 16.1. The molecule has 0 unspecified atom stereocenters. The van der Waals surface area contributed by atoms with Crippen molar-refractivity contribution in [2.75, 3.05) is 13.2 Å². The number of benzene rings is 3. The molecule has 0 radical (unpaired) electrons. The first-order chi connectivity index (χ1) is 30.2. The number of nitrogens with zero attached hydrogens (tertiary/aromatic N) is 11. The Kier molecular flexibility index (Phi) is 8.62. The van der Waals surface area contributed by atoms with Gasteiger partial charge in [0.25, 0.3) is 5.91 Å². The Morgan fingerprint density at radius 1 is 0.968 bits per heavy atom. The van der Waals surface area contributed by atoms with Crippen molar-refractivity contribution >= 4 is 27.7 Å². The number of aromatic amines is 1. The largest absolute Gasteiger partial charge is 0.376 e. The summed E-state index contributed by atoms with van der Waals surface area (Å²) >= 11 is 0. The van der Waals surface area contributed by atoms with Crippen molar-refractivity contribution in [3.63, 3.8) is 0 Å². The number of nitrogens with one attached hydrogen (secondary N) is 1. The van der Waals surface area contributed by atoms with Gasteiger partial charge >= 0.3 is 5.69 Å². The number of ether oxygens (including phenoxy) is 1. The van der Waals surface area contributed by atoms with Gasteiger partial charge < -0.3 is 14.2 Å². The van der Waals surface area contributed by atoms with Crippen molar-refractivity contribution in [2.45, 2.75) is 89.8 Å². The Balaban J connectivity index is 1.05. The van der Waals surface area contributed by atoms with Gasteiger partial charge in [-0.15, -0.1) is 10.2 Å². The van der Waals surface area contributed by atoms with Crippen molar-refractivity contribution in [3.8, 4) is 17.2 Å². The third-order valence-electron chi connectivity index (χ3n) is 13.6. The van der Waals surface area contributed by atoms with E-state index in [0.717, 1.165) is 36.6 Å². The standard InChI is InChI=1S/C46H46F2N12O3/c1-25-19-31(20-26(2)39(25)47)60-41(58-17-16-57(44(58)62)36-10-9-35-32(40(36)48)24-49-55(35)6)38-27(3)56(15-11-33(38)52-60)42(61)37-22-30-21-28(29-12-18-63-45(4,5)23-29)7-8-34(30)59(37)46(13-14-46)43-50-53-54-51-43/h7-10,16-17,19-22,24,27,29H,11-15,18,23H2,1-6H3,(H,50,51,53,54)/t27-,29-/m0/s1. The van der Waals surface area contributed by atoms with Gasteiger partial charge in [-0.05, 0) is 125 Å². The minimum absolute atomic E-state index is 0.0598. The fourth-order valence-electron chi connectivity index (χ4n) is 10.3. The minimum Gasteiger partial charge on any atom is -0.376 e. The second kappa shape index (κ2) is 13.9. The lowest BCUT2D eigenvalue weighted by Crippen LogP contribution is -2.41. The summed E-state index contributed by atoms with van der Waals surface area (Å²) in [6.45, 7) is 10.6. The number of hydrogen-bond donors (Lipinski definition) is 1. The molecule has 1 aliphatic carbocycles. The quantitative estimate of drug-likeness (QED) is 0.180. The summed E-state index contributed by atoms with van der Waals surface area (Å²) in [5.41, 5.74) is 4.53. The molecule has 322 valence electrons. The van der Waals surface area contributed by atoms with Crippen LogP contribution in [0.1, 0.15) is 103 Å². The molecular formula is C46H46F2N12O3. The van der Waals surface area contributed by atoms with Crippen molar-refractivity contribution in [3.05, 3.63) is 129 Å². The molecule has 1 saturated heterocycles. The zero-order chi connectivity index (χ0) is 43.7. The SMILES string of the molecule is Cc1cc(-n2nc3c(c2-n2ccn(-c4ccc5c(cnn5C)c4F)c2=O)[C@H](C)N(C(=O)c2cc4cc([C@H]5CCOC(C)(C)C5)ccc4n2C2(c4nn[nH]n4)CC2)CC3)cc(C)c1F. The summed E-state index contributed by atoms with van der Waals surface area (Å²) in [6.07, 6.45) is 8.18. The van der Waals surface area contributed by atoms with Gasteiger partial charge in [0.05, 0.1) is 45.8 Å². The highest BCUT2D eigenvalue weighted by Gasteiger charge is 2.53. The van der Waals surface area contributed by atoms with Crippen LogP contribution in [0.5, 0.6) is 0 Å². The summed E-state index contributed by atoms with van der Waals surface area (Å²) in [5.74, 6) is 0.0955. The lowest BCUT2D eigenvalue weighted by molar-refractivity contribution is -0.0592. The fraction of sp³-hybridized carbons (Fsp3) is 0.370. The lowest BCUT2D eigenvalue weighted by atomic mass is 9.83. The Labute approximate surface area is 359 Å². The molecule has 2 aliphatic heterocycles. The van der Waals surface area contributed by atoms with E-state index in [4.69, 9.17) is 9.84 Å². The number of imidazole rings is 1. The maximum absolute atomic E-state index is 16.1. The molecule has 2 fully saturated rings. The first kappa shape index (κ1) is 39.1. The molecule has 2 atom stereocenters. The first-order valence-electron chi connectivity index (χ1n) is 21.4. The fourth-order valence-corrected chi connectivity index (χ4v) is 10.3. The molecule has 63 heavy (non-hydrogen) atoms. The van der Waals surface area contributed by atoms with E-state index >= 15 is 13.6 Å². The molecule has 0 spiro atoms. The number of carbonyl (C=O) groups excluding carboxylic acids is 1. The van der Waals surface area contributed by atoms with E-state index in [2.05, 4.69) is 62.3 Å². The summed E-state index contributed by atoms with van der Waals surface area (Å²) in [6, 6.07) is 14.6. The molecule has 1 saturated carbocycles. The molecule has 11 rings (SSSR count). The molecular weight excluding hydrogens is 807 g/mol. The topological polar surface area (TPSA) is 152 Å². The van der Waals surface area contributed by atoms with Crippen LogP contribution in [0, 0.1) is 25.5 Å². The summed E-state index contributed by atoms with van der Waals surface area (Å²) in [7, 11) is 1.73. The van der Waals surface area contributed by atoms with Gasteiger partial charge in [-0.2, -0.15) is 15.4 Å².